The van der Waals surface area contributed by atoms with Crippen LogP contribution in [0.2, 0.25) is 0 Å². The van der Waals surface area contributed by atoms with Crippen LogP contribution in [0.15, 0.2) is 18.2 Å². The number of aliphatic hydroxyl groups excluding tert-OH is 1. The molecule has 0 saturated heterocycles. The van der Waals surface area contributed by atoms with Gasteiger partial charge in [0, 0.05) is 13.6 Å². The van der Waals surface area contributed by atoms with Crippen molar-refractivity contribution in [2.24, 2.45) is 11.7 Å². The molecule has 1 aliphatic carbocycles. The highest BCUT2D eigenvalue weighted by atomic mass is 19.1. The molecule has 0 bridgehead atoms. The molecule has 0 aliphatic heterocycles. The van der Waals surface area contributed by atoms with Crippen LogP contribution in [0, 0.1) is 17.1 Å². The summed E-state index contributed by atoms with van der Waals surface area (Å²) in [7, 11) is 1.85. The first-order valence-electron chi connectivity index (χ1n) is 6.01. The standard InChI is InChI=1S/C13H18FN3O/c1-17(7-8-5-9(18)6-8)11-4-2-3-10(14)12(11)13(15)16/h2-4,8-9,18H,5-7H2,1H3,(H3,15,16). The second-order valence-electron chi connectivity index (χ2n) is 4.92. The number of rotatable bonds is 4. The number of anilines is 1. The van der Waals surface area contributed by atoms with Gasteiger partial charge >= 0.3 is 0 Å². The Balaban J connectivity index is 2.16. The van der Waals surface area contributed by atoms with Crippen LogP contribution in [0.5, 0.6) is 0 Å². The SMILES string of the molecule is CN(CC1CC(O)C1)c1cccc(F)c1C(=N)N. The van der Waals surface area contributed by atoms with Gasteiger partial charge in [-0.05, 0) is 30.9 Å². The van der Waals surface area contributed by atoms with Gasteiger partial charge in [-0.2, -0.15) is 0 Å². The average molecular weight is 251 g/mol. The number of halogens is 1. The fourth-order valence-corrected chi connectivity index (χ4v) is 2.43. The number of amidine groups is 1. The first-order valence-corrected chi connectivity index (χ1v) is 6.01. The molecule has 4 N–H and O–H groups in total. The van der Waals surface area contributed by atoms with Crippen molar-refractivity contribution in [1.29, 1.82) is 5.41 Å². The normalized spacial score (nSPS) is 22.4. The predicted octanol–water partition coefficient (Wildman–Crippen LogP) is 1.32. The predicted molar refractivity (Wildman–Crippen MR) is 69.4 cm³/mol. The molecule has 1 aliphatic rings. The minimum absolute atomic E-state index is 0.153. The van der Waals surface area contributed by atoms with Gasteiger partial charge in [0.05, 0.1) is 17.4 Å². The number of hydrogen-bond acceptors (Lipinski definition) is 3. The molecule has 18 heavy (non-hydrogen) atoms. The van der Waals surface area contributed by atoms with Crippen LogP contribution in [0.1, 0.15) is 18.4 Å². The quantitative estimate of drug-likeness (QED) is 0.558. The lowest BCUT2D eigenvalue weighted by Gasteiger charge is -2.35. The first kappa shape index (κ1) is 12.8. The van der Waals surface area contributed by atoms with E-state index in [1.165, 1.54) is 6.07 Å². The molecule has 5 heteroatoms. The van der Waals surface area contributed by atoms with Gasteiger partial charge in [0.25, 0.3) is 0 Å². The van der Waals surface area contributed by atoms with E-state index in [4.69, 9.17) is 11.1 Å². The molecule has 0 unspecified atom stereocenters. The third-order valence-corrected chi connectivity index (χ3v) is 3.42. The number of nitrogen functional groups attached to an aromatic ring is 1. The third kappa shape index (κ3) is 2.46. The minimum atomic E-state index is -0.472. The second-order valence-corrected chi connectivity index (χ2v) is 4.92. The molecule has 0 radical (unpaired) electrons. The van der Waals surface area contributed by atoms with Gasteiger partial charge < -0.3 is 15.7 Å². The Labute approximate surface area is 106 Å². The third-order valence-electron chi connectivity index (χ3n) is 3.42. The molecule has 0 atom stereocenters. The van der Waals surface area contributed by atoms with Gasteiger partial charge in [0.1, 0.15) is 11.7 Å². The van der Waals surface area contributed by atoms with Crippen molar-refractivity contribution in [2.75, 3.05) is 18.5 Å². The number of nitrogens with one attached hydrogen (secondary N) is 1. The Morgan fingerprint density at radius 1 is 1.56 bits per heavy atom. The largest absolute Gasteiger partial charge is 0.393 e. The number of nitrogens with two attached hydrogens (primary N) is 1. The van der Waals surface area contributed by atoms with Crippen LogP contribution in [0.3, 0.4) is 0 Å². The maximum atomic E-state index is 13.7. The highest BCUT2D eigenvalue weighted by Crippen LogP contribution is 2.30. The molecular formula is C13H18FN3O. The van der Waals surface area contributed by atoms with E-state index in [-0.39, 0.29) is 17.5 Å². The molecule has 2 rings (SSSR count). The monoisotopic (exact) mass is 251 g/mol. The Bertz CT molecular complexity index is 458. The molecule has 0 amide bonds. The van der Waals surface area contributed by atoms with E-state index in [9.17, 15) is 9.50 Å². The van der Waals surface area contributed by atoms with Crippen molar-refractivity contribution in [3.8, 4) is 0 Å². The van der Waals surface area contributed by atoms with Crippen LogP contribution < -0.4 is 10.6 Å². The maximum Gasteiger partial charge on any atom is 0.136 e. The summed E-state index contributed by atoms with van der Waals surface area (Å²) >= 11 is 0. The fourth-order valence-electron chi connectivity index (χ4n) is 2.43. The van der Waals surface area contributed by atoms with Gasteiger partial charge in [0.15, 0.2) is 0 Å². The van der Waals surface area contributed by atoms with Crippen molar-refractivity contribution in [3.63, 3.8) is 0 Å². The van der Waals surface area contributed by atoms with E-state index in [0.29, 0.717) is 11.6 Å². The fraction of sp³-hybridized carbons (Fsp3) is 0.462. The summed E-state index contributed by atoms with van der Waals surface area (Å²) in [5.41, 5.74) is 6.21. The van der Waals surface area contributed by atoms with Crippen LogP contribution >= 0.6 is 0 Å². The Hall–Kier alpha value is -1.62. The summed E-state index contributed by atoms with van der Waals surface area (Å²) in [5, 5.41) is 16.7. The van der Waals surface area contributed by atoms with Crippen molar-refractivity contribution in [2.45, 2.75) is 18.9 Å². The van der Waals surface area contributed by atoms with Crippen molar-refractivity contribution in [3.05, 3.63) is 29.6 Å². The molecule has 98 valence electrons. The van der Waals surface area contributed by atoms with E-state index in [1.807, 2.05) is 11.9 Å². The number of nitrogens with zero attached hydrogens (tertiary/aromatic N) is 1. The summed E-state index contributed by atoms with van der Waals surface area (Å²) in [6.45, 7) is 0.737. The minimum Gasteiger partial charge on any atom is -0.393 e. The Morgan fingerprint density at radius 2 is 2.22 bits per heavy atom. The Kier molecular flexibility index (Phi) is 3.52. The van der Waals surface area contributed by atoms with Crippen molar-refractivity contribution >= 4 is 11.5 Å². The van der Waals surface area contributed by atoms with Crippen LogP contribution in [0.25, 0.3) is 0 Å². The molecule has 4 nitrogen and oxygen atoms in total. The molecule has 1 saturated carbocycles. The van der Waals surface area contributed by atoms with E-state index >= 15 is 0 Å². The maximum absolute atomic E-state index is 13.7. The zero-order chi connectivity index (χ0) is 13.3. The van der Waals surface area contributed by atoms with Crippen molar-refractivity contribution < 1.29 is 9.50 Å². The lowest BCUT2D eigenvalue weighted by molar-refractivity contribution is 0.0465. The van der Waals surface area contributed by atoms with Crippen LogP contribution in [-0.4, -0.2) is 30.6 Å². The number of aliphatic hydroxyl groups is 1. The van der Waals surface area contributed by atoms with Gasteiger partial charge in [-0.1, -0.05) is 6.07 Å². The molecule has 1 aromatic carbocycles. The van der Waals surface area contributed by atoms with Crippen LogP contribution in [0.4, 0.5) is 10.1 Å². The molecule has 0 spiro atoms. The topological polar surface area (TPSA) is 73.3 Å². The first-order chi connectivity index (χ1) is 8.49. The lowest BCUT2D eigenvalue weighted by atomic mass is 9.82. The van der Waals surface area contributed by atoms with E-state index < -0.39 is 5.82 Å². The summed E-state index contributed by atoms with van der Waals surface area (Å²) in [5.74, 6) is -0.308. The second kappa shape index (κ2) is 4.94. The van der Waals surface area contributed by atoms with Gasteiger partial charge in [-0.25, -0.2) is 4.39 Å². The summed E-state index contributed by atoms with van der Waals surface area (Å²) < 4.78 is 13.7. The Morgan fingerprint density at radius 3 is 2.78 bits per heavy atom. The summed E-state index contributed by atoms with van der Waals surface area (Å²) in [4.78, 5) is 1.90. The van der Waals surface area contributed by atoms with Gasteiger partial charge in [0.2, 0.25) is 0 Å². The zero-order valence-corrected chi connectivity index (χ0v) is 10.4. The smallest absolute Gasteiger partial charge is 0.136 e. The summed E-state index contributed by atoms with van der Waals surface area (Å²) in [6, 6.07) is 4.68. The van der Waals surface area contributed by atoms with Crippen molar-refractivity contribution in [1.82, 2.24) is 0 Å². The van der Waals surface area contributed by atoms with Gasteiger partial charge in [-0.15, -0.1) is 0 Å². The lowest BCUT2D eigenvalue weighted by Crippen LogP contribution is -2.37. The van der Waals surface area contributed by atoms with Gasteiger partial charge in [-0.3, -0.25) is 5.41 Å². The summed E-state index contributed by atoms with van der Waals surface area (Å²) in [6.07, 6.45) is 1.38. The molecular weight excluding hydrogens is 233 g/mol. The van der Waals surface area contributed by atoms with E-state index in [1.54, 1.807) is 12.1 Å². The molecule has 1 aromatic rings. The van der Waals surface area contributed by atoms with Crippen LogP contribution in [-0.2, 0) is 0 Å². The molecule has 0 aromatic heterocycles. The molecule has 0 heterocycles. The van der Waals surface area contributed by atoms with E-state index in [0.717, 1.165) is 19.4 Å². The number of hydrogen-bond donors (Lipinski definition) is 3. The zero-order valence-electron chi connectivity index (χ0n) is 10.4. The van der Waals surface area contributed by atoms with E-state index in [2.05, 4.69) is 0 Å². The number of benzene rings is 1. The highest BCUT2D eigenvalue weighted by Gasteiger charge is 2.28. The highest BCUT2D eigenvalue weighted by molar-refractivity contribution is 6.00. The molecule has 1 fully saturated rings. The average Bonchev–Trinajstić information content (AvgIpc) is 2.26.